The molecule has 3 saturated heterocycles. The highest BCUT2D eigenvalue weighted by Gasteiger charge is 2.58. The standard InChI is InChI=1S/C26H33NO9/c1-25(2)33-15-19(34-25)23-21(35-26(3,4)36-23)18(13-28)27-17(22(31-5)24(27)30)11-12-20(29)32-14-16-9-7-6-8-10-16/h6-13,17-19,21-23H,14-15H2,1-5H3/b12-11+/t17-,18+,19-,21-,22+,23-/m1/s1. The van der Waals surface area contributed by atoms with Crippen molar-refractivity contribution >= 4 is 18.2 Å². The third-order valence-corrected chi connectivity index (χ3v) is 6.39. The Morgan fingerprint density at radius 2 is 1.86 bits per heavy atom. The maximum Gasteiger partial charge on any atom is 0.330 e. The van der Waals surface area contributed by atoms with E-state index in [1.54, 1.807) is 27.7 Å². The van der Waals surface area contributed by atoms with Gasteiger partial charge in [0.05, 0.1) is 12.6 Å². The fourth-order valence-electron chi connectivity index (χ4n) is 4.78. The highest BCUT2D eigenvalue weighted by Crippen LogP contribution is 2.39. The van der Waals surface area contributed by atoms with Gasteiger partial charge in [0.2, 0.25) is 0 Å². The van der Waals surface area contributed by atoms with Gasteiger partial charge in [-0.15, -0.1) is 0 Å². The van der Waals surface area contributed by atoms with E-state index < -0.39 is 60.0 Å². The summed E-state index contributed by atoms with van der Waals surface area (Å²) in [6, 6.07) is 7.60. The SMILES string of the molecule is CO[C@@H]1C(=O)N([C@@H](C=O)[C@H]2OC(C)(C)O[C@@H]2[C@H]2COC(C)(C)O2)[C@@H]1/C=C/C(=O)OCc1ccccc1. The van der Waals surface area contributed by atoms with Crippen LogP contribution in [0.3, 0.4) is 0 Å². The number of esters is 1. The first-order valence-electron chi connectivity index (χ1n) is 11.9. The molecule has 0 N–H and O–H groups in total. The molecule has 0 bridgehead atoms. The first-order chi connectivity index (χ1) is 17.0. The predicted molar refractivity (Wildman–Crippen MR) is 125 cm³/mol. The highest BCUT2D eigenvalue weighted by molar-refractivity contribution is 5.92. The number of likely N-dealkylation sites (tertiary alicyclic amines) is 1. The molecule has 1 amide bonds. The Kier molecular flexibility index (Phi) is 7.63. The Morgan fingerprint density at radius 1 is 1.14 bits per heavy atom. The first kappa shape index (κ1) is 26.4. The molecule has 0 saturated carbocycles. The van der Waals surface area contributed by atoms with E-state index in [9.17, 15) is 14.4 Å². The fraction of sp³-hybridized carbons (Fsp3) is 0.577. The van der Waals surface area contributed by atoms with Crippen LogP contribution in [0.1, 0.15) is 33.3 Å². The largest absolute Gasteiger partial charge is 0.458 e. The lowest BCUT2D eigenvalue weighted by Gasteiger charge is -2.49. The van der Waals surface area contributed by atoms with E-state index in [-0.39, 0.29) is 13.2 Å². The van der Waals surface area contributed by atoms with Crippen LogP contribution in [0.25, 0.3) is 0 Å². The van der Waals surface area contributed by atoms with Gasteiger partial charge in [-0.3, -0.25) is 4.79 Å². The Hall–Kier alpha value is -2.63. The van der Waals surface area contributed by atoms with E-state index in [2.05, 4.69) is 0 Å². The van der Waals surface area contributed by atoms with E-state index in [0.29, 0.717) is 6.29 Å². The summed E-state index contributed by atoms with van der Waals surface area (Å²) in [6.45, 7) is 7.42. The van der Waals surface area contributed by atoms with Crippen LogP contribution in [0.15, 0.2) is 42.5 Å². The van der Waals surface area contributed by atoms with Crippen LogP contribution in [0, 0.1) is 0 Å². The number of methoxy groups -OCH3 is 1. The van der Waals surface area contributed by atoms with E-state index >= 15 is 0 Å². The third kappa shape index (κ3) is 5.52. The van der Waals surface area contributed by atoms with Crippen molar-refractivity contribution in [2.45, 2.75) is 82.4 Å². The Bertz CT molecular complexity index is 992. The lowest BCUT2D eigenvalue weighted by molar-refractivity contribution is -0.182. The number of hydrogen-bond acceptors (Lipinski definition) is 9. The molecule has 1 aromatic rings. The number of carbonyl (C=O) groups excluding carboxylic acids is 3. The maximum absolute atomic E-state index is 12.9. The zero-order valence-corrected chi connectivity index (χ0v) is 21.1. The maximum atomic E-state index is 12.9. The molecule has 4 rings (SSSR count). The van der Waals surface area contributed by atoms with Gasteiger partial charge in [0, 0.05) is 13.2 Å². The topological polar surface area (TPSA) is 110 Å². The summed E-state index contributed by atoms with van der Waals surface area (Å²) in [5.74, 6) is -2.78. The van der Waals surface area contributed by atoms with Gasteiger partial charge < -0.3 is 38.1 Å². The average Bonchev–Trinajstić information content (AvgIpc) is 3.36. The molecule has 196 valence electrons. The predicted octanol–water partition coefficient (Wildman–Crippen LogP) is 1.75. The van der Waals surface area contributed by atoms with Crippen LogP contribution in [-0.4, -0.2) is 84.9 Å². The number of rotatable bonds is 9. The molecular formula is C26H33NO9. The summed E-state index contributed by atoms with van der Waals surface area (Å²) < 4.78 is 34.4. The Balaban J connectivity index is 1.49. The first-order valence-corrected chi connectivity index (χ1v) is 11.9. The summed E-state index contributed by atoms with van der Waals surface area (Å²) in [5.41, 5.74) is 0.851. The molecule has 6 atom stereocenters. The van der Waals surface area contributed by atoms with Crippen LogP contribution < -0.4 is 0 Å². The number of benzene rings is 1. The molecule has 3 aliphatic heterocycles. The van der Waals surface area contributed by atoms with Crippen LogP contribution in [0.5, 0.6) is 0 Å². The molecule has 1 aromatic carbocycles. The minimum absolute atomic E-state index is 0.117. The third-order valence-electron chi connectivity index (χ3n) is 6.39. The summed E-state index contributed by atoms with van der Waals surface area (Å²) in [6.07, 6.45) is 0.588. The zero-order valence-electron chi connectivity index (χ0n) is 21.1. The van der Waals surface area contributed by atoms with Gasteiger partial charge in [-0.05, 0) is 33.3 Å². The van der Waals surface area contributed by atoms with Gasteiger partial charge in [0.15, 0.2) is 17.7 Å². The molecule has 10 nitrogen and oxygen atoms in total. The molecule has 0 spiro atoms. The molecular weight excluding hydrogens is 470 g/mol. The quantitative estimate of drug-likeness (QED) is 0.215. The molecule has 0 aromatic heterocycles. The zero-order chi connectivity index (χ0) is 26.1. The van der Waals surface area contributed by atoms with Gasteiger partial charge in [-0.25, -0.2) is 4.79 Å². The van der Waals surface area contributed by atoms with Crippen LogP contribution in [-0.2, 0) is 49.4 Å². The molecule has 3 heterocycles. The molecule has 0 aliphatic carbocycles. The molecule has 10 heteroatoms. The number of nitrogens with zero attached hydrogens (tertiary/aromatic N) is 1. The average molecular weight is 504 g/mol. The monoisotopic (exact) mass is 503 g/mol. The normalized spacial score (nSPS) is 31.9. The molecule has 36 heavy (non-hydrogen) atoms. The van der Waals surface area contributed by atoms with Crippen molar-refractivity contribution in [3.63, 3.8) is 0 Å². The van der Waals surface area contributed by atoms with Gasteiger partial charge in [-0.1, -0.05) is 36.4 Å². The van der Waals surface area contributed by atoms with E-state index in [4.69, 9.17) is 28.4 Å². The number of β-lactam (4-membered cyclic amide) rings is 1. The second-order valence-corrected chi connectivity index (χ2v) is 9.90. The van der Waals surface area contributed by atoms with Gasteiger partial charge in [0.1, 0.15) is 37.2 Å². The van der Waals surface area contributed by atoms with Crippen molar-refractivity contribution < 1.29 is 42.8 Å². The van der Waals surface area contributed by atoms with Crippen LogP contribution in [0.2, 0.25) is 0 Å². The number of ether oxygens (including phenoxy) is 6. The molecule has 3 fully saturated rings. The van der Waals surface area contributed by atoms with Crippen molar-refractivity contribution in [2.24, 2.45) is 0 Å². The number of amides is 1. The Labute approximate surface area is 210 Å². The van der Waals surface area contributed by atoms with Crippen molar-refractivity contribution in [1.82, 2.24) is 4.90 Å². The highest BCUT2D eigenvalue weighted by atomic mass is 16.8. The van der Waals surface area contributed by atoms with Crippen molar-refractivity contribution in [3.8, 4) is 0 Å². The summed E-state index contributed by atoms with van der Waals surface area (Å²) in [5, 5.41) is 0. The second-order valence-electron chi connectivity index (χ2n) is 9.90. The van der Waals surface area contributed by atoms with Gasteiger partial charge in [0.25, 0.3) is 5.91 Å². The van der Waals surface area contributed by atoms with Crippen molar-refractivity contribution in [3.05, 3.63) is 48.0 Å². The van der Waals surface area contributed by atoms with E-state index in [1.165, 1.54) is 24.2 Å². The number of aldehydes is 1. The minimum Gasteiger partial charge on any atom is -0.458 e. The lowest BCUT2D eigenvalue weighted by atomic mass is 9.90. The Morgan fingerprint density at radius 3 is 2.47 bits per heavy atom. The minimum atomic E-state index is -1.01. The van der Waals surface area contributed by atoms with Crippen molar-refractivity contribution in [2.75, 3.05) is 13.7 Å². The molecule has 0 radical (unpaired) electrons. The van der Waals surface area contributed by atoms with Crippen LogP contribution >= 0.6 is 0 Å². The number of hydrogen-bond donors (Lipinski definition) is 0. The second kappa shape index (κ2) is 10.4. The fourth-order valence-corrected chi connectivity index (χ4v) is 4.78. The molecule has 0 unspecified atom stereocenters. The van der Waals surface area contributed by atoms with E-state index in [0.717, 1.165) is 5.56 Å². The smallest absolute Gasteiger partial charge is 0.330 e. The summed E-state index contributed by atoms with van der Waals surface area (Å²) >= 11 is 0. The van der Waals surface area contributed by atoms with Gasteiger partial charge >= 0.3 is 5.97 Å². The molecule has 3 aliphatic rings. The lowest BCUT2D eigenvalue weighted by Crippen LogP contribution is -2.71. The van der Waals surface area contributed by atoms with Gasteiger partial charge in [-0.2, -0.15) is 0 Å². The number of carbonyl (C=O) groups is 3. The summed E-state index contributed by atoms with van der Waals surface area (Å²) in [7, 11) is 1.40. The van der Waals surface area contributed by atoms with E-state index in [1.807, 2.05) is 30.3 Å². The summed E-state index contributed by atoms with van der Waals surface area (Å²) in [4.78, 5) is 39.0. The van der Waals surface area contributed by atoms with Crippen LogP contribution in [0.4, 0.5) is 0 Å². The van der Waals surface area contributed by atoms with Crippen molar-refractivity contribution in [1.29, 1.82) is 0 Å².